The minimum atomic E-state index is -0.699. The van der Waals surface area contributed by atoms with E-state index in [2.05, 4.69) is 17.5 Å². The van der Waals surface area contributed by atoms with Gasteiger partial charge in [0.15, 0.2) is 17.6 Å². The summed E-state index contributed by atoms with van der Waals surface area (Å²) < 4.78 is 11.3. The van der Waals surface area contributed by atoms with Crippen molar-refractivity contribution in [2.45, 2.75) is 39.2 Å². The fourth-order valence-electron chi connectivity index (χ4n) is 3.08. The Labute approximate surface area is 153 Å². The van der Waals surface area contributed by atoms with Gasteiger partial charge < -0.3 is 14.8 Å². The van der Waals surface area contributed by atoms with Crippen molar-refractivity contribution in [1.82, 2.24) is 0 Å². The van der Waals surface area contributed by atoms with Crippen LogP contribution in [0, 0.1) is 11.3 Å². The Morgan fingerprint density at radius 1 is 1.19 bits per heavy atom. The molecule has 1 amide bonds. The number of benzene rings is 2. The number of nitrogens with zero attached hydrogens (tertiary/aromatic N) is 1. The lowest BCUT2D eigenvalue weighted by atomic mass is 10.1. The molecule has 0 saturated heterocycles. The molecule has 1 aliphatic carbocycles. The molecule has 0 saturated carbocycles. The second-order valence-corrected chi connectivity index (χ2v) is 6.29. The molecule has 26 heavy (non-hydrogen) atoms. The molecule has 5 heteroatoms. The molecular formula is C21H22N2O3. The predicted octanol–water partition coefficient (Wildman–Crippen LogP) is 3.85. The quantitative estimate of drug-likeness (QED) is 0.859. The lowest BCUT2D eigenvalue weighted by Crippen LogP contribution is -2.30. The molecule has 0 unspecified atom stereocenters. The van der Waals surface area contributed by atoms with Crippen molar-refractivity contribution in [2.75, 3.05) is 11.9 Å². The maximum Gasteiger partial charge on any atom is 0.265 e. The van der Waals surface area contributed by atoms with Gasteiger partial charge in [-0.3, -0.25) is 4.79 Å². The van der Waals surface area contributed by atoms with E-state index >= 15 is 0 Å². The van der Waals surface area contributed by atoms with Gasteiger partial charge in [0.25, 0.3) is 5.91 Å². The van der Waals surface area contributed by atoms with Crippen LogP contribution in [0.4, 0.5) is 5.69 Å². The van der Waals surface area contributed by atoms with E-state index in [9.17, 15) is 4.79 Å². The van der Waals surface area contributed by atoms with E-state index in [-0.39, 0.29) is 5.91 Å². The molecule has 134 valence electrons. The molecule has 0 aliphatic heterocycles. The first kappa shape index (κ1) is 17.8. The monoisotopic (exact) mass is 350 g/mol. The van der Waals surface area contributed by atoms with Crippen LogP contribution in [-0.4, -0.2) is 18.6 Å². The average molecular weight is 350 g/mol. The summed E-state index contributed by atoms with van der Waals surface area (Å²) in [5.41, 5.74) is 3.94. The number of nitriles is 1. The smallest absolute Gasteiger partial charge is 0.265 e. The number of ether oxygens (including phenoxy) is 2. The molecule has 0 aromatic heterocycles. The standard InChI is InChI=1S/C21H22N2O3/c1-3-25-20-11-15(13-22)7-10-19(20)26-14(2)21(24)23-18-9-8-16-5-4-6-17(16)12-18/h7-12,14H,3-6H2,1-2H3,(H,23,24)/t14-/m1/s1. The van der Waals surface area contributed by atoms with Gasteiger partial charge in [-0.2, -0.15) is 5.26 Å². The molecule has 1 N–H and O–H groups in total. The lowest BCUT2D eigenvalue weighted by Gasteiger charge is -2.17. The van der Waals surface area contributed by atoms with Gasteiger partial charge in [0.05, 0.1) is 18.2 Å². The number of amides is 1. The Morgan fingerprint density at radius 2 is 2.00 bits per heavy atom. The van der Waals surface area contributed by atoms with E-state index in [1.807, 2.05) is 19.1 Å². The van der Waals surface area contributed by atoms with E-state index < -0.39 is 6.10 Å². The summed E-state index contributed by atoms with van der Waals surface area (Å²) in [6.45, 7) is 3.99. The van der Waals surface area contributed by atoms with E-state index in [0.29, 0.717) is 23.7 Å². The summed E-state index contributed by atoms with van der Waals surface area (Å²) in [5, 5.41) is 11.9. The summed E-state index contributed by atoms with van der Waals surface area (Å²) in [5.74, 6) is 0.681. The van der Waals surface area contributed by atoms with Crippen LogP contribution < -0.4 is 14.8 Å². The lowest BCUT2D eigenvalue weighted by molar-refractivity contribution is -0.122. The van der Waals surface area contributed by atoms with Crippen molar-refractivity contribution in [3.8, 4) is 17.6 Å². The fourth-order valence-corrected chi connectivity index (χ4v) is 3.08. The highest BCUT2D eigenvalue weighted by molar-refractivity contribution is 5.94. The molecule has 2 aromatic rings. The first-order valence-electron chi connectivity index (χ1n) is 8.87. The number of aryl methyl sites for hydroxylation is 2. The first-order valence-corrected chi connectivity index (χ1v) is 8.87. The van der Waals surface area contributed by atoms with Crippen LogP contribution in [-0.2, 0) is 17.6 Å². The number of anilines is 1. The Hall–Kier alpha value is -3.00. The highest BCUT2D eigenvalue weighted by Crippen LogP contribution is 2.30. The summed E-state index contributed by atoms with van der Waals surface area (Å²) in [6.07, 6.45) is 2.65. The zero-order chi connectivity index (χ0) is 18.5. The Bertz CT molecular complexity index is 855. The van der Waals surface area contributed by atoms with Crippen molar-refractivity contribution in [3.05, 3.63) is 53.1 Å². The Morgan fingerprint density at radius 3 is 2.77 bits per heavy atom. The normalized spacial score (nSPS) is 13.4. The maximum absolute atomic E-state index is 12.5. The molecule has 0 bridgehead atoms. The largest absolute Gasteiger partial charge is 0.490 e. The molecule has 0 fully saturated rings. The second kappa shape index (κ2) is 7.92. The molecule has 5 nitrogen and oxygen atoms in total. The van der Waals surface area contributed by atoms with E-state index in [0.717, 1.165) is 18.5 Å². The molecule has 0 heterocycles. The highest BCUT2D eigenvalue weighted by Gasteiger charge is 2.19. The minimum absolute atomic E-state index is 0.227. The van der Waals surface area contributed by atoms with Gasteiger partial charge in [0, 0.05) is 11.8 Å². The van der Waals surface area contributed by atoms with Gasteiger partial charge in [-0.05, 0) is 68.5 Å². The molecule has 1 aliphatic rings. The van der Waals surface area contributed by atoms with Crippen LogP contribution in [0.25, 0.3) is 0 Å². The van der Waals surface area contributed by atoms with Gasteiger partial charge in [-0.25, -0.2) is 0 Å². The second-order valence-electron chi connectivity index (χ2n) is 6.29. The molecule has 2 aromatic carbocycles. The van der Waals surface area contributed by atoms with Gasteiger partial charge >= 0.3 is 0 Å². The molecule has 0 spiro atoms. The van der Waals surface area contributed by atoms with Crippen molar-refractivity contribution >= 4 is 11.6 Å². The highest BCUT2D eigenvalue weighted by atomic mass is 16.5. The number of hydrogen-bond donors (Lipinski definition) is 1. The SMILES string of the molecule is CCOc1cc(C#N)ccc1O[C@H](C)C(=O)Nc1ccc2c(c1)CCC2. The zero-order valence-electron chi connectivity index (χ0n) is 15.0. The third kappa shape index (κ3) is 3.97. The van der Waals surface area contributed by atoms with Crippen LogP contribution in [0.1, 0.15) is 37.0 Å². The van der Waals surface area contributed by atoms with Gasteiger partial charge in [-0.1, -0.05) is 6.07 Å². The van der Waals surface area contributed by atoms with E-state index in [4.69, 9.17) is 14.7 Å². The van der Waals surface area contributed by atoms with E-state index in [1.165, 1.54) is 17.5 Å². The number of fused-ring (bicyclic) bond motifs is 1. The average Bonchev–Trinajstić information content (AvgIpc) is 3.11. The van der Waals surface area contributed by atoms with E-state index in [1.54, 1.807) is 25.1 Å². The van der Waals surface area contributed by atoms with Crippen LogP contribution >= 0.6 is 0 Å². The third-order valence-electron chi connectivity index (χ3n) is 4.41. The molecular weight excluding hydrogens is 328 g/mol. The van der Waals surface area contributed by atoms with Gasteiger partial charge in [-0.15, -0.1) is 0 Å². The molecule has 3 rings (SSSR count). The van der Waals surface area contributed by atoms with Crippen LogP contribution in [0.3, 0.4) is 0 Å². The number of rotatable bonds is 6. The summed E-state index contributed by atoms with van der Waals surface area (Å²) in [7, 11) is 0. The number of carbonyl (C=O) groups is 1. The third-order valence-corrected chi connectivity index (χ3v) is 4.41. The molecule has 1 atom stereocenters. The predicted molar refractivity (Wildman–Crippen MR) is 99.5 cm³/mol. The fraction of sp³-hybridized carbons (Fsp3) is 0.333. The van der Waals surface area contributed by atoms with Crippen LogP contribution in [0.15, 0.2) is 36.4 Å². The van der Waals surface area contributed by atoms with Gasteiger partial charge in [0.2, 0.25) is 0 Å². The zero-order valence-corrected chi connectivity index (χ0v) is 15.0. The Balaban J connectivity index is 1.68. The van der Waals surface area contributed by atoms with Crippen LogP contribution in [0.5, 0.6) is 11.5 Å². The first-order chi connectivity index (χ1) is 12.6. The summed E-state index contributed by atoms with van der Waals surface area (Å²) in [4.78, 5) is 12.5. The van der Waals surface area contributed by atoms with Crippen molar-refractivity contribution in [1.29, 1.82) is 5.26 Å². The molecule has 0 radical (unpaired) electrons. The summed E-state index contributed by atoms with van der Waals surface area (Å²) >= 11 is 0. The maximum atomic E-state index is 12.5. The number of nitrogens with one attached hydrogen (secondary N) is 1. The number of carbonyl (C=O) groups excluding carboxylic acids is 1. The Kier molecular flexibility index (Phi) is 5.43. The van der Waals surface area contributed by atoms with Gasteiger partial charge in [0.1, 0.15) is 0 Å². The van der Waals surface area contributed by atoms with Crippen LogP contribution in [0.2, 0.25) is 0 Å². The topological polar surface area (TPSA) is 71.3 Å². The van der Waals surface area contributed by atoms with Crippen molar-refractivity contribution < 1.29 is 14.3 Å². The minimum Gasteiger partial charge on any atom is -0.490 e. The summed E-state index contributed by atoms with van der Waals surface area (Å²) in [6, 6.07) is 13.0. The van der Waals surface area contributed by atoms with Crippen molar-refractivity contribution in [3.63, 3.8) is 0 Å². The number of hydrogen-bond acceptors (Lipinski definition) is 4. The van der Waals surface area contributed by atoms with Crippen molar-refractivity contribution in [2.24, 2.45) is 0 Å².